The van der Waals surface area contributed by atoms with E-state index in [0.717, 1.165) is 16.2 Å². The first-order chi connectivity index (χ1) is 9.38. The Morgan fingerprint density at radius 1 is 1.55 bits per heavy atom. The third-order valence-electron chi connectivity index (χ3n) is 3.37. The van der Waals surface area contributed by atoms with Crippen molar-refractivity contribution in [3.05, 3.63) is 17.5 Å². The van der Waals surface area contributed by atoms with Gasteiger partial charge in [-0.1, -0.05) is 0 Å². The molecule has 8 nitrogen and oxygen atoms in total. The Balaban J connectivity index is 1.97. The second-order valence-corrected chi connectivity index (χ2v) is 4.97. The molecule has 1 aliphatic heterocycles. The number of hydrogen-bond donors (Lipinski definition) is 3. The van der Waals surface area contributed by atoms with E-state index in [4.69, 9.17) is 5.11 Å². The van der Waals surface area contributed by atoms with Gasteiger partial charge in [0.1, 0.15) is 6.04 Å². The van der Waals surface area contributed by atoms with Crippen LogP contribution in [-0.4, -0.2) is 55.6 Å². The number of aliphatic hydroxyl groups excluding tert-OH is 1. The zero-order valence-electron chi connectivity index (χ0n) is 11.4. The highest BCUT2D eigenvalue weighted by Crippen LogP contribution is 2.18. The minimum atomic E-state index is -1.10. The fourth-order valence-electron chi connectivity index (χ4n) is 2.37. The first-order valence-corrected chi connectivity index (χ1v) is 6.33. The fraction of sp³-hybridized carbons (Fsp3) is 0.583. The van der Waals surface area contributed by atoms with Gasteiger partial charge in [0.25, 0.3) is 0 Å². The van der Waals surface area contributed by atoms with Crippen molar-refractivity contribution in [3.8, 4) is 0 Å². The lowest BCUT2D eigenvalue weighted by molar-refractivity contribution is -0.141. The minimum Gasteiger partial charge on any atom is -0.480 e. The van der Waals surface area contributed by atoms with E-state index in [1.165, 1.54) is 0 Å². The first-order valence-electron chi connectivity index (χ1n) is 6.33. The van der Waals surface area contributed by atoms with Crippen molar-refractivity contribution < 1.29 is 19.8 Å². The summed E-state index contributed by atoms with van der Waals surface area (Å²) in [6.07, 6.45) is 1.07. The van der Waals surface area contributed by atoms with E-state index in [2.05, 4.69) is 10.4 Å². The van der Waals surface area contributed by atoms with E-state index in [9.17, 15) is 14.7 Å². The van der Waals surface area contributed by atoms with Gasteiger partial charge in [-0.15, -0.1) is 0 Å². The average Bonchev–Trinajstić information content (AvgIpc) is 2.89. The Morgan fingerprint density at radius 3 is 2.80 bits per heavy atom. The molecule has 0 spiro atoms. The molecule has 0 aliphatic carbocycles. The number of carbonyl (C=O) groups is 2. The van der Waals surface area contributed by atoms with Crippen LogP contribution in [0.3, 0.4) is 0 Å². The van der Waals surface area contributed by atoms with E-state index in [0.29, 0.717) is 0 Å². The number of carbonyl (C=O) groups excluding carboxylic acids is 1. The largest absolute Gasteiger partial charge is 0.480 e. The number of aryl methyl sites for hydroxylation is 2. The molecule has 110 valence electrons. The molecule has 1 aromatic heterocycles. The molecule has 20 heavy (non-hydrogen) atoms. The molecule has 2 atom stereocenters. The lowest BCUT2D eigenvalue weighted by atomic mass is 10.2. The van der Waals surface area contributed by atoms with Crippen LogP contribution >= 0.6 is 0 Å². The van der Waals surface area contributed by atoms with Crippen molar-refractivity contribution in [1.29, 1.82) is 0 Å². The van der Waals surface area contributed by atoms with Gasteiger partial charge in [-0.25, -0.2) is 9.59 Å². The first kappa shape index (κ1) is 14.3. The summed E-state index contributed by atoms with van der Waals surface area (Å²) in [6.45, 7) is 2.15. The van der Waals surface area contributed by atoms with Crippen molar-refractivity contribution in [1.82, 2.24) is 20.0 Å². The van der Waals surface area contributed by atoms with E-state index in [1.807, 2.05) is 6.92 Å². The number of carboxylic acids is 1. The number of aliphatic hydroxyl groups is 1. The maximum absolute atomic E-state index is 12.0. The van der Waals surface area contributed by atoms with Crippen LogP contribution in [0, 0.1) is 6.92 Å². The predicted octanol–water partition coefficient (Wildman–Crippen LogP) is -0.542. The average molecular weight is 282 g/mol. The molecule has 1 aliphatic rings. The molecule has 0 radical (unpaired) electrons. The standard InChI is InChI=1S/C12H18N4O4/c1-7-8(5-15(2)14-7)4-13-12(20)16-6-9(17)3-10(16)11(18)19/h5,9-10,17H,3-4,6H2,1-2H3,(H,13,20)(H,18,19)/t9-,10-/m0/s1. The van der Waals surface area contributed by atoms with E-state index >= 15 is 0 Å². The van der Waals surface area contributed by atoms with Crippen molar-refractivity contribution in [2.45, 2.75) is 32.0 Å². The summed E-state index contributed by atoms with van der Waals surface area (Å²) >= 11 is 0. The third kappa shape index (κ3) is 2.90. The van der Waals surface area contributed by atoms with E-state index in [1.54, 1.807) is 17.9 Å². The predicted molar refractivity (Wildman–Crippen MR) is 68.9 cm³/mol. The molecule has 2 heterocycles. The minimum absolute atomic E-state index is 0.0365. The van der Waals surface area contributed by atoms with Gasteiger partial charge in [0.2, 0.25) is 0 Å². The summed E-state index contributed by atoms with van der Waals surface area (Å²) in [5.74, 6) is -1.10. The molecule has 2 rings (SSSR count). The number of aromatic nitrogens is 2. The van der Waals surface area contributed by atoms with Crippen LogP contribution in [0.4, 0.5) is 4.79 Å². The molecular weight excluding hydrogens is 264 g/mol. The Kier molecular flexibility index (Phi) is 3.93. The molecule has 1 fully saturated rings. The third-order valence-corrected chi connectivity index (χ3v) is 3.37. The highest BCUT2D eigenvalue weighted by Gasteiger charge is 2.38. The number of nitrogens with one attached hydrogen (secondary N) is 1. The van der Waals surface area contributed by atoms with Gasteiger partial charge in [-0.05, 0) is 6.92 Å². The van der Waals surface area contributed by atoms with Gasteiger partial charge in [0.05, 0.1) is 11.8 Å². The van der Waals surface area contributed by atoms with Crippen LogP contribution in [0.2, 0.25) is 0 Å². The maximum atomic E-state index is 12.0. The number of β-amino-alcohol motifs (C(OH)–C–C–N with tert-alkyl or cyclic N) is 1. The molecule has 2 amide bonds. The summed E-state index contributed by atoms with van der Waals surface area (Å²) in [6, 6.07) is -1.46. The smallest absolute Gasteiger partial charge is 0.326 e. The Hall–Kier alpha value is -2.09. The fourth-order valence-corrected chi connectivity index (χ4v) is 2.37. The lowest BCUT2D eigenvalue weighted by Crippen LogP contribution is -2.46. The Morgan fingerprint density at radius 2 is 2.25 bits per heavy atom. The second kappa shape index (κ2) is 5.49. The monoisotopic (exact) mass is 282 g/mol. The summed E-state index contributed by atoms with van der Waals surface area (Å²) in [5.41, 5.74) is 1.68. The summed E-state index contributed by atoms with van der Waals surface area (Å²) in [4.78, 5) is 24.2. The lowest BCUT2D eigenvalue weighted by Gasteiger charge is -2.21. The maximum Gasteiger partial charge on any atom is 0.326 e. The van der Waals surface area contributed by atoms with Gasteiger partial charge >= 0.3 is 12.0 Å². The quantitative estimate of drug-likeness (QED) is 0.690. The normalized spacial score (nSPS) is 22.1. The zero-order valence-corrected chi connectivity index (χ0v) is 11.4. The van der Waals surface area contributed by atoms with Crippen LogP contribution in [-0.2, 0) is 18.4 Å². The van der Waals surface area contributed by atoms with E-state index in [-0.39, 0.29) is 19.5 Å². The number of carboxylic acid groups (broad SMARTS) is 1. The van der Waals surface area contributed by atoms with Crippen molar-refractivity contribution in [3.63, 3.8) is 0 Å². The molecule has 8 heteroatoms. The van der Waals surface area contributed by atoms with Gasteiger partial charge in [0, 0.05) is 38.3 Å². The highest BCUT2D eigenvalue weighted by molar-refractivity contribution is 5.83. The number of rotatable bonds is 3. The van der Waals surface area contributed by atoms with Crippen LogP contribution < -0.4 is 5.32 Å². The molecule has 3 N–H and O–H groups in total. The summed E-state index contributed by atoms with van der Waals surface area (Å²) in [7, 11) is 1.79. The van der Waals surface area contributed by atoms with Crippen molar-refractivity contribution in [2.24, 2.45) is 7.05 Å². The second-order valence-electron chi connectivity index (χ2n) is 4.97. The molecular formula is C12H18N4O4. The van der Waals surface area contributed by atoms with Crippen LogP contribution in [0.15, 0.2) is 6.20 Å². The van der Waals surface area contributed by atoms with Crippen molar-refractivity contribution >= 4 is 12.0 Å². The Bertz CT molecular complexity index is 528. The number of urea groups is 1. The van der Waals surface area contributed by atoms with Crippen LogP contribution in [0.5, 0.6) is 0 Å². The number of amides is 2. The number of nitrogens with zero attached hydrogens (tertiary/aromatic N) is 3. The number of aliphatic carboxylic acids is 1. The van der Waals surface area contributed by atoms with Gasteiger partial charge in [-0.3, -0.25) is 4.68 Å². The SMILES string of the molecule is Cc1nn(C)cc1CNC(=O)N1C[C@@H](O)C[C@H]1C(=O)O. The summed E-state index contributed by atoms with van der Waals surface area (Å²) in [5, 5.41) is 25.4. The zero-order chi connectivity index (χ0) is 14.9. The van der Waals surface area contributed by atoms with Gasteiger partial charge in [-0.2, -0.15) is 5.10 Å². The molecule has 0 unspecified atom stereocenters. The Labute approximate surface area is 116 Å². The molecule has 0 bridgehead atoms. The van der Waals surface area contributed by atoms with Crippen molar-refractivity contribution in [2.75, 3.05) is 6.54 Å². The molecule has 0 saturated carbocycles. The number of likely N-dealkylation sites (tertiary alicyclic amines) is 1. The van der Waals surface area contributed by atoms with E-state index < -0.39 is 24.1 Å². The van der Waals surface area contributed by atoms with Crippen LogP contribution in [0.25, 0.3) is 0 Å². The van der Waals surface area contributed by atoms with Gasteiger partial charge < -0.3 is 20.4 Å². The van der Waals surface area contributed by atoms with Gasteiger partial charge in [0.15, 0.2) is 0 Å². The topological polar surface area (TPSA) is 108 Å². The molecule has 0 aromatic carbocycles. The number of hydrogen-bond acceptors (Lipinski definition) is 4. The molecule has 1 saturated heterocycles. The molecule has 1 aromatic rings. The highest BCUT2D eigenvalue weighted by atomic mass is 16.4. The van der Waals surface area contributed by atoms with Crippen LogP contribution in [0.1, 0.15) is 17.7 Å². The summed E-state index contributed by atoms with van der Waals surface area (Å²) < 4.78 is 1.65.